The van der Waals surface area contributed by atoms with Crippen molar-refractivity contribution in [3.8, 4) is 0 Å². The van der Waals surface area contributed by atoms with E-state index in [-0.39, 0.29) is 31.1 Å². The summed E-state index contributed by atoms with van der Waals surface area (Å²) in [7, 11) is 0. The molecule has 6 heteroatoms. The van der Waals surface area contributed by atoms with Crippen LogP contribution in [0.2, 0.25) is 0 Å². The first-order chi connectivity index (χ1) is 34.5. The first-order valence-electron chi connectivity index (χ1n) is 29.9. The molecule has 0 rings (SSSR count). The van der Waals surface area contributed by atoms with Crippen molar-refractivity contribution in [2.24, 2.45) is 0 Å². The van der Waals surface area contributed by atoms with Crippen molar-refractivity contribution in [2.45, 2.75) is 303 Å². The van der Waals surface area contributed by atoms with Crippen LogP contribution < -0.4 is 0 Å². The number of hydrogen-bond donors (Lipinski definition) is 0. The van der Waals surface area contributed by atoms with E-state index in [2.05, 4.69) is 93.7 Å². The number of hydrogen-bond acceptors (Lipinski definition) is 6. The van der Waals surface area contributed by atoms with Crippen LogP contribution in [0, 0.1) is 0 Å². The van der Waals surface area contributed by atoms with E-state index >= 15 is 0 Å². The summed E-state index contributed by atoms with van der Waals surface area (Å²) in [6.07, 6.45) is 74.6. The van der Waals surface area contributed by atoms with Crippen molar-refractivity contribution in [1.82, 2.24) is 0 Å². The van der Waals surface area contributed by atoms with Crippen LogP contribution in [0.1, 0.15) is 297 Å². The summed E-state index contributed by atoms with van der Waals surface area (Å²) in [4.78, 5) is 38.2. The second kappa shape index (κ2) is 58.4. The Morgan fingerprint density at radius 1 is 0.300 bits per heavy atom. The molecule has 0 saturated carbocycles. The van der Waals surface area contributed by atoms with Gasteiger partial charge in [0.1, 0.15) is 13.2 Å². The molecule has 0 bridgehead atoms. The van der Waals surface area contributed by atoms with Crippen LogP contribution >= 0.6 is 0 Å². The van der Waals surface area contributed by atoms with Crippen molar-refractivity contribution in [3.05, 3.63) is 72.9 Å². The van der Waals surface area contributed by atoms with Gasteiger partial charge in [-0.2, -0.15) is 0 Å². The van der Waals surface area contributed by atoms with Crippen LogP contribution in [-0.4, -0.2) is 37.2 Å². The van der Waals surface area contributed by atoms with Crippen molar-refractivity contribution >= 4 is 17.9 Å². The quantitative estimate of drug-likeness (QED) is 0.0261. The predicted octanol–water partition coefficient (Wildman–Crippen LogP) is 20.2. The molecule has 0 aromatic rings. The van der Waals surface area contributed by atoms with Crippen LogP contribution in [0.5, 0.6) is 0 Å². The Hall–Kier alpha value is -3.15. The molecular formula is C64H112O6. The number of carbonyl (C=O) groups is 3. The Labute approximate surface area is 433 Å². The lowest BCUT2D eigenvalue weighted by atomic mass is 10.0. The third-order valence-corrected chi connectivity index (χ3v) is 12.9. The highest BCUT2D eigenvalue weighted by Gasteiger charge is 2.19. The molecule has 0 spiro atoms. The molecule has 70 heavy (non-hydrogen) atoms. The third-order valence-electron chi connectivity index (χ3n) is 12.9. The molecule has 0 aliphatic carbocycles. The highest BCUT2D eigenvalue weighted by atomic mass is 16.6. The molecule has 404 valence electrons. The minimum atomic E-state index is -0.783. The Balaban J connectivity index is 4.38. The number of esters is 3. The maximum atomic E-state index is 12.9. The second-order valence-corrected chi connectivity index (χ2v) is 19.9. The summed E-state index contributed by atoms with van der Waals surface area (Å²) in [5.41, 5.74) is 0. The van der Waals surface area contributed by atoms with E-state index in [4.69, 9.17) is 14.2 Å². The van der Waals surface area contributed by atoms with E-state index in [0.29, 0.717) is 19.3 Å². The fourth-order valence-electron chi connectivity index (χ4n) is 8.47. The number of ether oxygens (including phenoxy) is 3. The Bertz CT molecular complexity index is 1310. The van der Waals surface area contributed by atoms with Crippen molar-refractivity contribution < 1.29 is 28.6 Å². The average molecular weight is 978 g/mol. The minimum Gasteiger partial charge on any atom is -0.462 e. The van der Waals surface area contributed by atoms with Gasteiger partial charge in [-0.3, -0.25) is 14.4 Å². The molecule has 1 atom stereocenters. The van der Waals surface area contributed by atoms with E-state index in [0.717, 1.165) is 109 Å². The summed E-state index contributed by atoms with van der Waals surface area (Å²) < 4.78 is 16.9. The summed E-state index contributed by atoms with van der Waals surface area (Å²) >= 11 is 0. The summed E-state index contributed by atoms with van der Waals surface area (Å²) in [5, 5.41) is 0. The molecule has 0 heterocycles. The maximum absolute atomic E-state index is 12.9. The van der Waals surface area contributed by atoms with Gasteiger partial charge >= 0.3 is 17.9 Å². The standard InChI is InChI=1S/C64H112O6/c1-4-7-10-13-16-19-22-25-28-30-31-32-33-34-37-39-42-45-48-51-54-57-63(66)69-60-61(59-68-62(65)56-53-50-47-44-41-38-35-27-24-21-18-15-12-9-6-3)70-64(67)58-55-52-49-46-43-40-36-29-26-23-20-17-14-11-8-5-2/h7,10,16,18-19,21,25,27-28,31-32,35,61H,4-6,8-9,11-15,17,20,22-24,26,29-30,33-34,36-60H2,1-3H3/b10-7-,19-16-,21-18-,28-25-,32-31-,35-27-. The summed E-state index contributed by atoms with van der Waals surface area (Å²) in [5.74, 6) is -0.890. The minimum absolute atomic E-state index is 0.0819. The molecule has 1 unspecified atom stereocenters. The molecule has 0 amide bonds. The van der Waals surface area contributed by atoms with Crippen LogP contribution in [0.3, 0.4) is 0 Å². The van der Waals surface area contributed by atoms with Crippen molar-refractivity contribution in [3.63, 3.8) is 0 Å². The van der Waals surface area contributed by atoms with Gasteiger partial charge in [0.2, 0.25) is 0 Å². The SMILES string of the molecule is CC/C=C\C/C=C\C/C=C\C/C=C\CCCCCCCCCCC(=O)OCC(COC(=O)CCCCCCC/C=C\C/C=C\CCCCC)OC(=O)CCCCCCCCCCCCCCCCCC. The predicted molar refractivity (Wildman–Crippen MR) is 302 cm³/mol. The molecule has 0 saturated heterocycles. The first kappa shape index (κ1) is 66.9. The van der Waals surface area contributed by atoms with Crippen LogP contribution in [0.15, 0.2) is 72.9 Å². The van der Waals surface area contributed by atoms with E-state index < -0.39 is 6.10 Å². The molecule has 0 aliphatic rings. The van der Waals surface area contributed by atoms with Gasteiger partial charge in [0.05, 0.1) is 0 Å². The topological polar surface area (TPSA) is 78.9 Å². The molecule has 0 fully saturated rings. The van der Waals surface area contributed by atoms with Gasteiger partial charge < -0.3 is 14.2 Å². The molecule has 0 N–H and O–H groups in total. The number of carbonyl (C=O) groups excluding carboxylic acids is 3. The molecule has 0 aromatic carbocycles. The highest BCUT2D eigenvalue weighted by Crippen LogP contribution is 2.16. The Morgan fingerprint density at radius 3 is 0.900 bits per heavy atom. The zero-order valence-corrected chi connectivity index (χ0v) is 46.3. The summed E-state index contributed by atoms with van der Waals surface area (Å²) in [6, 6.07) is 0. The molecule has 0 radical (unpaired) electrons. The van der Waals surface area contributed by atoms with Crippen LogP contribution in [0.4, 0.5) is 0 Å². The maximum Gasteiger partial charge on any atom is 0.306 e. The van der Waals surface area contributed by atoms with E-state index in [1.54, 1.807) is 0 Å². The first-order valence-corrected chi connectivity index (χ1v) is 29.9. The average Bonchev–Trinajstić information content (AvgIpc) is 3.36. The highest BCUT2D eigenvalue weighted by molar-refractivity contribution is 5.71. The lowest BCUT2D eigenvalue weighted by Gasteiger charge is -2.18. The van der Waals surface area contributed by atoms with Crippen LogP contribution in [0.25, 0.3) is 0 Å². The molecular weight excluding hydrogens is 865 g/mol. The fraction of sp³-hybridized carbons (Fsp3) is 0.766. The van der Waals surface area contributed by atoms with Gasteiger partial charge in [0.25, 0.3) is 0 Å². The molecule has 6 nitrogen and oxygen atoms in total. The third kappa shape index (κ3) is 55.8. The Morgan fingerprint density at radius 2 is 0.557 bits per heavy atom. The number of unbranched alkanes of at least 4 members (excludes halogenated alkanes) is 31. The number of allylic oxidation sites excluding steroid dienone is 12. The largest absolute Gasteiger partial charge is 0.462 e. The van der Waals surface area contributed by atoms with Gasteiger partial charge in [0, 0.05) is 19.3 Å². The molecule has 0 aliphatic heterocycles. The molecule has 0 aromatic heterocycles. The number of rotatable bonds is 54. The van der Waals surface area contributed by atoms with E-state index in [1.807, 2.05) is 0 Å². The second-order valence-electron chi connectivity index (χ2n) is 19.9. The van der Waals surface area contributed by atoms with Gasteiger partial charge in [-0.05, 0) is 89.9 Å². The Kier molecular flexibility index (Phi) is 55.8. The zero-order chi connectivity index (χ0) is 50.7. The van der Waals surface area contributed by atoms with Crippen molar-refractivity contribution in [2.75, 3.05) is 13.2 Å². The van der Waals surface area contributed by atoms with Gasteiger partial charge in [-0.25, -0.2) is 0 Å². The lowest BCUT2D eigenvalue weighted by molar-refractivity contribution is -0.167. The summed E-state index contributed by atoms with van der Waals surface area (Å²) in [6.45, 7) is 6.51. The lowest BCUT2D eigenvalue weighted by Crippen LogP contribution is -2.30. The monoisotopic (exact) mass is 977 g/mol. The smallest absolute Gasteiger partial charge is 0.306 e. The zero-order valence-electron chi connectivity index (χ0n) is 46.3. The fourth-order valence-corrected chi connectivity index (χ4v) is 8.47. The van der Waals surface area contributed by atoms with Gasteiger partial charge in [0.15, 0.2) is 6.10 Å². The van der Waals surface area contributed by atoms with Gasteiger partial charge in [-0.1, -0.05) is 261 Å². The van der Waals surface area contributed by atoms with E-state index in [1.165, 1.54) is 148 Å². The van der Waals surface area contributed by atoms with Gasteiger partial charge in [-0.15, -0.1) is 0 Å². The van der Waals surface area contributed by atoms with E-state index in [9.17, 15) is 14.4 Å². The van der Waals surface area contributed by atoms with Crippen LogP contribution in [-0.2, 0) is 28.6 Å². The normalized spacial score (nSPS) is 12.6. The van der Waals surface area contributed by atoms with Crippen molar-refractivity contribution in [1.29, 1.82) is 0 Å².